The Balaban J connectivity index is 2.34. The van der Waals surface area contributed by atoms with Gasteiger partial charge in [0.2, 0.25) is 0 Å². The van der Waals surface area contributed by atoms with Gasteiger partial charge in [-0.2, -0.15) is 0 Å². The first-order valence-corrected chi connectivity index (χ1v) is 4.93. The predicted molar refractivity (Wildman–Crippen MR) is 55.9 cm³/mol. The van der Waals surface area contributed by atoms with E-state index in [2.05, 4.69) is 19.9 Å². The summed E-state index contributed by atoms with van der Waals surface area (Å²) in [6.45, 7) is 4.37. The predicted octanol–water partition coefficient (Wildman–Crippen LogP) is 2.79. The molecule has 1 aromatic carbocycles. The van der Waals surface area contributed by atoms with E-state index < -0.39 is 0 Å². The van der Waals surface area contributed by atoms with Crippen LogP contribution >= 0.6 is 11.6 Å². The maximum absolute atomic E-state index is 6.10. The molecule has 2 atom stereocenters. The summed E-state index contributed by atoms with van der Waals surface area (Å²) in [4.78, 5) is 0. The van der Waals surface area contributed by atoms with Gasteiger partial charge in [-0.1, -0.05) is 43.6 Å². The van der Waals surface area contributed by atoms with E-state index >= 15 is 0 Å². The fourth-order valence-corrected chi connectivity index (χ4v) is 2.25. The van der Waals surface area contributed by atoms with E-state index in [1.165, 1.54) is 5.56 Å². The molecule has 70 valence electrons. The molecule has 2 rings (SSSR count). The van der Waals surface area contributed by atoms with Gasteiger partial charge in [0.05, 0.1) is 0 Å². The maximum Gasteiger partial charge on any atom is 0.0441 e. The van der Waals surface area contributed by atoms with E-state index in [0.29, 0.717) is 5.92 Å². The topological polar surface area (TPSA) is 26.0 Å². The van der Waals surface area contributed by atoms with Crippen molar-refractivity contribution in [3.05, 3.63) is 34.9 Å². The molecule has 0 bridgehead atoms. The second-order valence-corrected chi connectivity index (χ2v) is 4.75. The fraction of sp³-hybridized carbons (Fsp3) is 0.455. The van der Waals surface area contributed by atoms with Crippen molar-refractivity contribution in [2.45, 2.75) is 25.8 Å². The zero-order valence-corrected chi connectivity index (χ0v) is 8.68. The summed E-state index contributed by atoms with van der Waals surface area (Å²) in [6.07, 6.45) is 0. The van der Waals surface area contributed by atoms with Crippen LogP contribution in [0.2, 0.25) is 5.02 Å². The largest absolute Gasteiger partial charge is 0.327 e. The van der Waals surface area contributed by atoms with Crippen molar-refractivity contribution in [3.8, 4) is 0 Å². The zero-order chi connectivity index (χ0) is 9.64. The highest BCUT2D eigenvalue weighted by atomic mass is 35.5. The quantitative estimate of drug-likeness (QED) is 0.733. The van der Waals surface area contributed by atoms with Crippen molar-refractivity contribution < 1.29 is 0 Å². The van der Waals surface area contributed by atoms with Crippen molar-refractivity contribution in [1.29, 1.82) is 0 Å². The zero-order valence-electron chi connectivity index (χ0n) is 7.92. The van der Waals surface area contributed by atoms with Crippen LogP contribution in [0.25, 0.3) is 0 Å². The number of rotatable bonds is 1. The molecule has 1 aliphatic rings. The molecule has 1 fully saturated rings. The molecule has 0 amide bonds. The molecule has 1 saturated carbocycles. The molecule has 0 aliphatic heterocycles. The lowest BCUT2D eigenvalue weighted by atomic mass is 10.0. The molecule has 2 heteroatoms. The van der Waals surface area contributed by atoms with Crippen LogP contribution in [0.15, 0.2) is 24.3 Å². The molecule has 0 spiro atoms. The van der Waals surface area contributed by atoms with Gasteiger partial charge >= 0.3 is 0 Å². The van der Waals surface area contributed by atoms with E-state index in [-0.39, 0.29) is 11.5 Å². The number of hydrogen-bond acceptors (Lipinski definition) is 1. The molecule has 1 aliphatic carbocycles. The van der Waals surface area contributed by atoms with Crippen molar-refractivity contribution >= 4 is 11.6 Å². The molecule has 13 heavy (non-hydrogen) atoms. The number of hydrogen-bond donors (Lipinski definition) is 1. The third kappa shape index (κ3) is 1.27. The Morgan fingerprint density at radius 3 is 2.31 bits per heavy atom. The van der Waals surface area contributed by atoms with Crippen LogP contribution in [0.4, 0.5) is 0 Å². The lowest BCUT2D eigenvalue weighted by Crippen LogP contribution is -2.06. The highest BCUT2D eigenvalue weighted by Crippen LogP contribution is 2.58. The smallest absolute Gasteiger partial charge is 0.0441 e. The molecule has 0 aromatic heterocycles. The second kappa shape index (κ2) is 2.73. The highest BCUT2D eigenvalue weighted by Gasteiger charge is 2.56. The third-order valence-electron chi connectivity index (χ3n) is 3.15. The summed E-state index contributed by atoms with van der Waals surface area (Å²) < 4.78 is 0. The van der Waals surface area contributed by atoms with Crippen LogP contribution in [-0.2, 0) is 0 Å². The Morgan fingerprint density at radius 1 is 1.31 bits per heavy atom. The molecular formula is C11H14ClN. The number of halogens is 1. The lowest BCUT2D eigenvalue weighted by molar-refractivity contribution is 0.599. The molecule has 2 N–H and O–H groups in total. The SMILES string of the molecule is CC1(C)[C@H](N)[C@H]1c1ccccc1Cl. The van der Waals surface area contributed by atoms with E-state index in [1.807, 2.05) is 18.2 Å². The molecule has 0 radical (unpaired) electrons. The highest BCUT2D eigenvalue weighted by molar-refractivity contribution is 6.31. The van der Waals surface area contributed by atoms with Crippen molar-refractivity contribution in [2.24, 2.45) is 11.1 Å². The number of nitrogens with two attached hydrogens (primary N) is 1. The fourth-order valence-electron chi connectivity index (χ4n) is 2.00. The van der Waals surface area contributed by atoms with Crippen LogP contribution < -0.4 is 5.73 Å². The molecule has 1 nitrogen and oxygen atoms in total. The lowest BCUT2D eigenvalue weighted by Gasteiger charge is -2.04. The van der Waals surface area contributed by atoms with Gasteiger partial charge in [0, 0.05) is 17.0 Å². The normalized spacial score (nSPS) is 30.2. The van der Waals surface area contributed by atoms with Gasteiger partial charge in [0.15, 0.2) is 0 Å². The minimum absolute atomic E-state index is 0.213. The first-order chi connectivity index (χ1) is 6.05. The third-order valence-corrected chi connectivity index (χ3v) is 3.50. The summed E-state index contributed by atoms with van der Waals surface area (Å²) in [5, 5.41) is 0.841. The maximum atomic E-state index is 6.10. The van der Waals surface area contributed by atoms with E-state index in [9.17, 15) is 0 Å². The summed E-state index contributed by atoms with van der Waals surface area (Å²) in [7, 11) is 0. The Morgan fingerprint density at radius 2 is 1.85 bits per heavy atom. The van der Waals surface area contributed by atoms with Gasteiger partial charge in [-0.3, -0.25) is 0 Å². The Kier molecular flexibility index (Phi) is 1.90. The van der Waals surface area contributed by atoms with E-state index in [1.54, 1.807) is 0 Å². The minimum atomic E-state index is 0.213. The molecular weight excluding hydrogens is 182 g/mol. The summed E-state index contributed by atoms with van der Waals surface area (Å²) in [5.41, 5.74) is 7.40. The average molecular weight is 196 g/mol. The number of benzene rings is 1. The minimum Gasteiger partial charge on any atom is -0.327 e. The van der Waals surface area contributed by atoms with Gasteiger partial charge in [-0.25, -0.2) is 0 Å². The average Bonchev–Trinajstić information content (AvgIpc) is 2.54. The van der Waals surface area contributed by atoms with E-state index in [0.717, 1.165) is 5.02 Å². The van der Waals surface area contributed by atoms with Gasteiger partial charge in [-0.15, -0.1) is 0 Å². The molecule has 0 unspecified atom stereocenters. The summed E-state index contributed by atoms with van der Waals surface area (Å²) in [6, 6.07) is 8.22. The standard InChI is InChI=1S/C11H14ClN/c1-11(2)9(10(11)13)7-5-3-4-6-8(7)12/h3-6,9-10H,13H2,1-2H3/t9-,10-/m1/s1. The van der Waals surface area contributed by atoms with Crippen molar-refractivity contribution in [3.63, 3.8) is 0 Å². The van der Waals surface area contributed by atoms with Crippen LogP contribution in [0.5, 0.6) is 0 Å². The Bertz CT molecular complexity index is 333. The Hall–Kier alpha value is -0.530. The van der Waals surface area contributed by atoms with Gasteiger partial charge in [0.25, 0.3) is 0 Å². The van der Waals surface area contributed by atoms with Crippen molar-refractivity contribution in [1.82, 2.24) is 0 Å². The molecule has 0 saturated heterocycles. The van der Waals surface area contributed by atoms with E-state index in [4.69, 9.17) is 17.3 Å². The first kappa shape index (κ1) is 9.04. The van der Waals surface area contributed by atoms with Crippen LogP contribution in [0.3, 0.4) is 0 Å². The Labute approximate surface area is 83.9 Å². The van der Waals surface area contributed by atoms with Gasteiger partial charge in [0.1, 0.15) is 0 Å². The molecule has 1 aromatic rings. The van der Waals surface area contributed by atoms with Crippen LogP contribution in [0.1, 0.15) is 25.3 Å². The second-order valence-electron chi connectivity index (χ2n) is 4.35. The van der Waals surface area contributed by atoms with Crippen molar-refractivity contribution in [2.75, 3.05) is 0 Å². The first-order valence-electron chi connectivity index (χ1n) is 4.55. The van der Waals surface area contributed by atoms with Crippen LogP contribution in [0, 0.1) is 5.41 Å². The summed E-state index contributed by atoms with van der Waals surface area (Å²) in [5.74, 6) is 0.432. The monoisotopic (exact) mass is 195 g/mol. The molecule has 0 heterocycles. The van der Waals surface area contributed by atoms with Crippen LogP contribution in [-0.4, -0.2) is 6.04 Å². The van der Waals surface area contributed by atoms with Gasteiger partial charge < -0.3 is 5.73 Å². The van der Waals surface area contributed by atoms with Gasteiger partial charge in [-0.05, 0) is 17.0 Å². The summed E-state index contributed by atoms with van der Waals surface area (Å²) >= 11 is 6.10.